The third-order valence-electron chi connectivity index (χ3n) is 7.82. The lowest BCUT2D eigenvalue weighted by molar-refractivity contribution is -0.143. The first-order valence-corrected chi connectivity index (χ1v) is 13.5. The molecule has 2 heterocycles. The van der Waals surface area contributed by atoms with E-state index in [1.54, 1.807) is 7.11 Å². The quantitative estimate of drug-likeness (QED) is 0.404. The highest BCUT2D eigenvalue weighted by Crippen LogP contribution is 2.48. The second kappa shape index (κ2) is 11.2. The molecule has 4 atom stereocenters. The van der Waals surface area contributed by atoms with Gasteiger partial charge in [0.05, 0.1) is 25.6 Å². The van der Waals surface area contributed by atoms with E-state index >= 15 is 0 Å². The third-order valence-corrected chi connectivity index (χ3v) is 7.82. The van der Waals surface area contributed by atoms with Crippen LogP contribution in [0.3, 0.4) is 0 Å². The molecule has 1 amide bonds. The Morgan fingerprint density at radius 1 is 1.00 bits per heavy atom. The second-order valence-electron chi connectivity index (χ2n) is 11.5. The monoisotopic (exact) mass is 544 g/mol. The van der Waals surface area contributed by atoms with Crippen LogP contribution in [-0.2, 0) is 9.59 Å². The Bertz CT molecular complexity index is 1350. The molecule has 2 N–H and O–H groups in total. The molecule has 3 aromatic rings. The number of aliphatic carboxylic acids is 1. The molecule has 0 aliphatic carbocycles. The normalized spacial score (nSPS) is 21.1. The number of hydrogen-bond donors (Lipinski definition) is 2. The van der Waals surface area contributed by atoms with E-state index in [2.05, 4.69) is 26.1 Å². The number of carboxylic acid groups (broad SMARTS) is 1. The van der Waals surface area contributed by atoms with Gasteiger partial charge in [-0.05, 0) is 46.4 Å². The summed E-state index contributed by atoms with van der Waals surface area (Å²) < 4.78 is 16.4. The number of fused-ring (bicyclic) bond motifs is 1. The maximum atomic E-state index is 13.6. The van der Waals surface area contributed by atoms with E-state index in [0.29, 0.717) is 23.8 Å². The summed E-state index contributed by atoms with van der Waals surface area (Å²) in [6, 6.07) is 22.2. The highest BCUT2D eigenvalue weighted by atomic mass is 16.7. The van der Waals surface area contributed by atoms with E-state index in [1.165, 1.54) is 0 Å². The lowest BCUT2D eigenvalue weighted by Gasteiger charge is -2.33. The van der Waals surface area contributed by atoms with Gasteiger partial charge in [0.2, 0.25) is 12.7 Å². The average Bonchev–Trinajstić information content (AvgIpc) is 3.56. The fourth-order valence-corrected chi connectivity index (χ4v) is 5.91. The Labute approximate surface area is 234 Å². The number of hydrogen-bond acceptors (Lipinski definition) is 6. The van der Waals surface area contributed by atoms with E-state index in [-0.39, 0.29) is 36.6 Å². The zero-order chi connectivity index (χ0) is 28.4. The Morgan fingerprint density at radius 2 is 1.68 bits per heavy atom. The number of ether oxygens (including phenoxy) is 3. The van der Waals surface area contributed by atoms with Crippen molar-refractivity contribution in [3.05, 3.63) is 89.5 Å². The van der Waals surface area contributed by atoms with Crippen LogP contribution in [-0.4, -0.2) is 48.9 Å². The van der Waals surface area contributed by atoms with Crippen LogP contribution in [0.25, 0.3) is 0 Å². The van der Waals surface area contributed by atoms with Gasteiger partial charge in [0.25, 0.3) is 0 Å². The molecular weight excluding hydrogens is 508 g/mol. The van der Waals surface area contributed by atoms with Crippen LogP contribution in [0.1, 0.15) is 55.5 Å². The Morgan fingerprint density at radius 3 is 2.33 bits per heavy atom. The molecule has 0 radical (unpaired) electrons. The zero-order valence-corrected chi connectivity index (χ0v) is 23.3. The number of nitrogens with zero attached hydrogens (tertiary/aromatic N) is 1. The summed E-state index contributed by atoms with van der Waals surface area (Å²) in [5, 5.41) is 13.8. The Kier molecular flexibility index (Phi) is 7.72. The van der Waals surface area contributed by atoms with Crippen molar-refractivity contribution >= 4 is 11.9 Å². The Hall–Kier alpha value is -4.04. The summed E-state index contributed by atoms with van der Waals surface area (Å²) in [5.74, 6) is -0.281. The number of amides is 1. The van der Waals surface area contributed by atoms with Gasteiger partial charge in [-0.2, -0.15) is 0 Å². The largest absolute Gasteiger partial charge is 0.497 e. The molecule has 8 nitrogen and oxygen atoms in total. The van der Waals surface area contributed by atoms with E-state index in [9.17, 15) is 14.7 Å². The van der Waals surface area contributed by atoms with Crippen molar-refractivity contribution < 1.29 is 28.9 Å². The maximum absolute atomic E-state index is 13.6. The van der Waals surface area contributed by atoms with Crippen LogP contribution in [0.5, 0.6) is 17.2 Å². The minimum Gasteiger partial charge on any atom is -0.497 e. The number of likely N-dealkylation sites (tertiary alicyclic amines) is 1. The molecule has 1 unspecified atom stereocenters. The highest BCUT2D eigenvalue weighted by molar-refractivity contribution is 5.79. The zero-order valence-electron chi connectivity index (χ0n) is 23.3. The van der Waals surface area contributed by atoms with Gasteiger partial charge in [0.1, 0.15) is 5.75 Å². The molecule has 3 aromatic carbocycles. The van der Waals surface area contributed by atoms with E-state index < -0.39 is 17.9 Å². The third kappa shape index (κ3) is 5.63. The van der Waals surface area contributed by atoms with Crippen LogP contribution in [0.4, 0.5) is 0 Å². The van der Waals surface area contributed by atoms with Crippen LogP contribution >= 0.6 is 0 Å². The number of methoxy groups -OCH3 is 1. The summed E-state index contributed by atoms with van der Waals surface area (Å²) in [5.41, 5.74) is 2.46. The van der Waals surface area contributed by atoms with Gasteiger partial charge in [0.15, 0.2) is 11.5 Å². The molecule has 0 spiro atoms. The number of benzene rings is 3. The van der Waals surface area contributed by atoms with Crippen LogP contribution in [0, 0.1) is 11.3 Å². The van der Waals surface area contributed by atoms with E-state index in [1.807, 2.05) is 77.7 Å². The second-order valence-corrected chi connectivity index (χ2v) is 11.5. The molecule has 2 aliphatic heterocycles. The SMILES string of the molecule is COc1ccc([C@H]2[C@H](C(=O)O)[C@@H](c3ccc4c(c3)OCO4)CN2CC(=O)NC(c2ccccc2)C(C)(C)C)cc1. The number of rotatable bonds is 8. The number of carboxylic acids is 1. The van der Waals surface area contributed by atoms with Gasteiger partial charge in [-0.1, -0.05) is 69.3 Å². The van der Waals surface area contributed by atoms with Gasteiger partial charge >= 0.3 is 5.97 Å². The standard InChI is InChI=1S/C32H36N2O6/c1-32(2,3)30(21-8-6-5-7-9-21)33-27(35)18-34-17-24(22-12-15-25-26(16-22)40-19-39-25)28(31(36)37)29(34)20-10-13-23(38-4)14-11-20/h5-16,24,28-30H,17-19H2,1-4H3,(H,33,35)(H,36,37)/t24-,28-,29+,30?/m1/s1. The summed E-state index contributed by atoms with van der Waals surface area (Å²) in [6.07, 6.45) is 0. The first-order valence-electron chi connectivity index (χ1n) is 13.5. The van der Waals surface area contributed by atoms with Crippen molar-refractivity contribution in [3.63, 3.8) is 0 Å². The highest BCUT2D eigenvalue weighted by Gasteiger charge is 2.48. The number of nitrogens with one attached hydrogen (secondary N) is 1. The van der Waals surface area contributed by atoms with Crippen molar-refractivity contribution in [1.82, 2.24) is 10.2 Å². The molecule has 0 aromatic heterocycles. The first-order chi connectivity index (χ1) is 19.2. The van der Waals surface area contributed by atoms with E-state index in [0.717, 1.165) is 16.7 Å². The van der Waals surface area contributed by atoms with Gasteiger partial charge in [-0.25, -0.2) is 0 Å². The van der Waals surface area contributed by atoms with Gasteiger partial charge < -0.3 is 24.6 Å². The minimum atomic E-state index is -0.914. The fraction of sp³-hybridized carbons (Fsp3) is 0.375. The molecule has 5 rings (SSSR count). The molecule has 0 saturated carbocycles. The molecule has 1 fully saturated rings. The predicted molar refractivity (Wildman–Crippen MR) is 151 cm³/mol. The molecule has 0 bridgehead atoms. The number of carbonyl (C=O) groups excluding carboxylic acids is 1. The van der Waals surface area contributed by atoms with Crippen molar-refractivity contribution in [2.75, 3.05) is 27.0 Å². The van der Waals surface area contributed by atoms with Crippen LogP contribution in [0.2, 0.25) is 0 Å². The predicted octanol–water partition coefficient (Wildman–Crippen LogP) is 5.17. The average molecular weight is 545 g/mol. The van der Waals surface area contributed by atoms with Gasteiger partial charge in [-0.3, -0.25) is 14.5 Å². The maximum Gasteiger partial charge on any atom is 0.309 e. The molecule has 40 heavy (non-hydrogen) atoms. The van der Waals surface area contributed by atoms with Gasteiger partial charge in [0, 0.05) is 18.5 Å². The van der Waals surface area contributed by atoms with Crippen molar-refractivity contribution in [2.45, 2.75) is 38.8 Å². The summed E-state index contributed by atoms with van der Waals surface area (Å²) >= 11 is 0. The molecule has 1 saturated heterocycles. The number of carbonyl (C=O) groups is 2. The lowest BCUT2D eigenvalue weighted by Crippen LogP contribution is -2.43. The minimum absolute atomic E-state index is 0.0565. The van der Waals surface area contributed by atoms with Crippen molar-refractivity contribution in [3.8, 4) is 17.2 Å². The summed E-state index contributed by atoms with van der Waals surface area (Å²) in [7, 11) is 1.59. The Balaban J connectivity index is 1.47. The molecule has 210 valence electrons. The summed E-state index contributed by atoms with van der Waals surface area (Å²) in [6.45, 7) is 6.88. The van der Waals surface area contributed by atoms with E-state index in [4.69, 9.17) is 14.2 Å². The lowest BCUT2D eigenvalue weighted by atomic mass is 9.82. The van der Waals surface area contributed by atoms with Crippen molar-refractivity contribution in [1.29, 1.82) is 0 Å². The van der Waals surface area contributed by atoms with Crippen LogP contribution in [0.15, 0.2) is 72.8 Å². The first kappa shape index (κ1) is 27.5. The fourth-order valence-electron chi connectivity index (χ4n) is 5.91. The molecule has 2 aliphatic rings. The molecule has 8 heteroatoms. The van der Waals surface area contributed by atoms with Crippen molar-refractivity contribution in [2.24, 2.45) is 11.3 Å². The smallest absolute Gasteiger partial charge is 0.309 e. The summed E-state index contributed by atoms with van der Waals surface area (Å²) in [4.78, 5) is 28.4. The van der Waals surface area contributed by atoms with Crippen LogP contribution < -0.4 is 19.5 Å². The van der Waals surface area contributed by atoms with Gasteiger partial charge in [-0.15, -0.1) is 0 Å². The molecular formula is C32H36N2O6. The topological polar surface area (TPSA) is 97.3 Å².